The molecular weight excluding hydrogens is 212 g/mol. The summed E-state index contributed by atoms with van der Waals surface area (Å²) in [5.41, 5.74) is -0.760. The Hall–Kier alpha value is -0.940. The van der Waals surface area contributed by atoms with Gasteiger partial charge in [0.1, 0.15) is 6.42 Å². The van der Waals surface area contributed by atoms with Gasteiger partial charge in [-0.25, -0.2) is 0 Å². The van der Waals surface area contributed by atoms with E-state index in [1.54, 1.807) is 20.8 Å². The molecule has 0 saturated carbocycles. The molecule has 1 aliphatic heterocycles. The number of esters is 1. The molecule has 0 atom stereocenters. The average molecular weight is 230 g/mol. The summed E-state index contributed by atoms with van der Waals surface area (Å²) in [5, 5.41) is 0. The van der Waals surface area contributed by atoms with Crippen molar-refractivity contribution in [3.8, 4) is 0 Å². The van der Waals surface area contributed by atoms with Crippen LogP contribution in [-0.4, -0.2) is 37.9 Å². The lowest BCUT2D eigenvalue weighted by Crippen LogP contribution is -2.49. The van der Waals surface area contributed by atoms with E-state index in [1.807, 2.05) is 0 Å². The molecule has 0 spiro atoms. The zero-order valence-corrected chi connectivity index (χ0v) is 10.2. The van der Waals surface area contributed by atoms with E-state index in [0.29, 0.717) is 0 Å². The second-order valence-corrected chi connectivity index (χ2v) is 4.71. The summed E-state index contributed by atoms with van der Waals surface area (Å²) in [4.78, 5) is 22.8. The molecule has 1 rings (SSSR count). The lowest BCUT2D eigenvalue weighted by molar-refractivity contribution is -0.276. The molecule has 0 N–H and O–H groups in total. The molecule has 0 aromatic heterocycles. The maximum absolute atomic E-state index is 11.8. The summed E-state index contributed by atoms with van der Waals surface area (Å²) in [6, 6.07) is 0. The third kappa shape index (κ3) is 3.02. The lowest BCUT2D eigenvalue weighted by Gasteiger charge is -2.40. The Morgan fingerprint density at radius 1 is 1.19 bits per heavy atom. The predicted molar refractivity (Wildman–Crippen MR) is 55.7 cm³/mol. The van der Waals surface area contributed by atoms with Crippen molar-refractivity contribution in [3.63, 3.8) is 0 Å². The van der Waals surface area contributed by atoms with Gasteiger partial charge < -0.3 is 14.2 Å². The van der Waals surface area contributed by atoms with Crippen LogP contribution in [0.25, 0.3) is 0 Å². The van der Waals surface area contributed by atoms with Gasteiger partial charge in [-0.15, -0.1) is 0 Å². The van der Waals surface area contributed by atoms with Gasteiger partial charge in [0.2, 0.25) is 0 Å². The number of ether oxygens (including phenoxy) is 3. The number of methoxy groups -OCH3 is 1. The van der Waals surface area contributed by atoms with Crippen LogP contribution in [-0.2, 0) is 23.8 Å². The van der Waals surface area contributed by atoms with E-state index in [-0.39, 0.29) is 25.4 Å². The van der Waals surface area contributed by atoms with Crippen molar-refractivity contribution in [2.45, 2.75) is 33.0 Å². The standard InChI is InChI=1S/C11H18O5/c1-10(2)15-6-11(3,7-16-10)8(12)5-9(13)14-4/h5-7H2,1-4H3. The summed E-state index contributed by atoms with van der Waals surface area (Å²) in [7, 11) is 1.26. The van der Waals surface area contributed by atoms with Crippen molar-refractivity contribution >= 4 is 11.8 Å². The second kappa shape index (κ2) is 4.51. The SMILES string of the molecule is COC(=O)CC(=O)C1(C)COC(C)(C)OC1. The first-order valence-corrected chi connectivity index (χ1v) is 5.17. The van der Waals surface area contributed by atoms with E-state index >= 15 is 0 Å². The number of hydrogen-bond donors (Lipinski definition) is 0. The van der Waals surface area contributed by atoms with Crippen molar-refractivity contribution in [1.82, 2.24) is 0 Å². The summed E-state index contributed by atoms with van der Waals surface area (Å²) in [6.07, 6.45) is -0.236. The number of hydrogen-bond acceptors (Lipinski definition) is 5. The van der Waals surface area contributed by atoms with Crippen LogP contribution in [0.5, 0.6) is 0 Å². The van der Waals surface area contributed by atoms with Crippen molar-refractivity contribution in [2.75, 3.05) is 20.3 Å². The van der Waals surface area contributed by atoms with Crippen molar-refractivity contribution in [2.24, 2.45) is 5.41 Å². The van der Waals surface area contributed by atoms with Crippen LogP contribution in [0.1, 0.15) is 27.2 Å². The van der Waals surface area contributed by atoms with Crippen molar-refractivity contribution in [1.29, 1.82) is 0 Å². The zero-order chi connectivity index (χ0) is 12.4. The highest BCUT2D eigenvalue weighted by Crippen LogP contribution is 2.30. The predicted octanol–water partition coefficient (Wildman–Crippen LogP) is 0.908. The molecule has 0 aliphatic carbocycles. The Labute approximate surface area is 95.0 Å². The molecule has 5 heteroatoms. The molecular formula is C11H18O5. The normalized spacial score (nSPS) is 22.5. The highest BCUT2D eigenvalue weighted by atomic mass is 16.7. The molecule has 0 bridgehead atoms. The van der Waals surface area contributed by atoms with Crippen LogP contribution in [0.4, 0.5) is 0 Å². The molecule has 1 saturated heterocycles. The van der Waals surface area contributed by atoms with Gasteiger partial charge in [-0.2, -0.15) is 0 Å². The minimum Gasteiger partial charge on any atom is -0.469 e. The van der Waals surface area contributed by atoms with Crippen LogP contribution < -0.4 is 0 Å². The van der Waals surface area contributed by atoms with Crippen LogP contribution in [0, 0.1) is 5.41 Å². The largest absolute Gasteiger partial charge is 0.469 e. The minimum absolute atomic E-state index is 0.213. The molecule has 1 aliphatic rings. The Morgan fingerprint density at radius 2 is 1.69 bits per heavy atom. The van der Waals surface area contributed by atoms with E-state index in [1.165, 1.54) is 7.11 Å². The molecule has 0 radical (unpaired) electrons. The number of rotatable bonds is 3. The summed E-state index contributed by atoms with van der Waals surface area (Å²) >= 11 is 0. The molecule has 5 nitrogen and oxygen atoms in total. The molecule has 0 aromatic rings. The molecule has 0 aromatic carbocycles. The minimum atomic E-state index is -0.760. The molecule has 0 unspecified atom stereocenters. The third-order valence-corrected chi connectivity index (χ3v) is 2.68. The monoisotopic (exact) mass is 230 g/mol. The Morgan fingerprint density at radius 3 is 2.12 bits per heavy atom. The number of carbonyl (C=O) groups is 2. The summed E-state index contributed by atoms with van der Waals surface area (Å²) < 4.78 is 15.3. The van der Waals surface area contributed by atoms with Crippen LogP contribution in [0.2, 0.25) is 0 Å². The lowest BCUT2D eigenvalue weighted by atomic mass is 9.85. The second-order valence-electron chi connectivity index (χ2n) is 4.71. The quantitative estimate of drug-likeness (QED) is 0.532. The van der Waals surface area contributed by atoms with Crippen molar-refractivity contribution < 1.29 is 23.8 Å². The number of carbonyl (C=O) groups excluding carboxylic acids is 2. The highest BCUT2D eigenvalue weighted by Gasteiger charge is 2.42. The molecule has 92 valence electrons. The maximum atomic E-state index is 11.8. The van der Waals surface area contributed by atoms with Crippen LogP contribution in [0.15, 0.2) is 0 Å². The first-order valence-electron chi connectivity index (χ1n) is 5.17. The van der Waals surface area contributed by atoms with Gasteiger partial charge in [-0.05, 0) is 20.8 Å². The van der Waals surface area contributed by atoms with E-state index < -0.39 is 17.2 Å². The molecule has 1 heterocycles. The van der Waals surface area contributed by atoms with Gasteiger partial charge in [-0.1, -0.05) is 0 Å². The average Bonchev–Trinajstić information content (AvgIpc) is 2.22. The Balaban J connectivity index is 2.59. The van der Waals surface area contributed by atoms with Gasteiger partial charge >= 0.3 is 5.97 Å². The Bertz CT molecular complexity index is 285. The van der Waals surface area contributed by atoms with E-state index in [0.717, 1.165) is 0 Å². The first kappa shape index (κ1) is 13.1. The van der Waals surface area contributed by atoms with Gasteiger partial charge in [0.25, 0.3) is 0 Å². The zero-order valence-electron chi connectivity index (χ0n) is 10.2. The van der Waals surface area contributed by atoms with Gasteiger partial charge in [0.15, 0.2) is 11.6 Å². The van der Waals surface area contributed by atoms with Gasteiger partial charge in [-0.3, -0.25) is 9.59 Å². The molecule has 0 amide bonds. The summed E-state index contributed by atoms with van der Waals surface area (Å²) in [5.74, 6) is -1.41. The first-order chi connectivity index (χ1) is 7.29. The molecule has 1 fully saturated rings. The van der Waals surface area contributed by atoms with E-state index in [4.69, 9.17) is 9.47 Å². The van der Waals surface area contributed by atoms with Crippen LogP contribution >= 0.6 is 0 Å². The smallest absolute Gasteiger partial charge is 0.313 e. The highest BCUT2D eigenvalue weighted by molar-refractivity contribution is 5.98. The maximum Gasteiger partial charge on any atom is 0.313 e. The van der Waals surface area contributed by atoms with Crippen LogP contribution in [0.3, 0.4) is 0 Å². The fourth-order valence-electron chi connectivity index (χ4n) is 1.33. The fraction of sp³-hybridized carbons (Fsp3) is 0.818. The number of ketones is 1. The summed E-state index contributed by atoms with van der Waals surface area (Å²) in [6.45, 7) is 5.83. The van der Waals surface area contributed by atoms with Crippen molar-refractivity contribution in [3.05, 3.63) is 0 Å². The van der Waals surface area contributed by atoms with E-state index in [2.05, 4.69) is 4.74 Å². The topological polar surface area (TPSA) is 61.8 Å². The fourth-order valence-corrected chi connectivity index (χ4v) is 1.33. The Kier molecular flexibility index (Phi) is 3.70. The number of Topliss-reactive ketones (excluding diaryl/α,β-unsaturated/α-hetero) is 1. The third-order valence-electron chi connectivity index (χ3n) is 2.68. The molecule has 16 heavy (non-hydrogen) atoms. The van der Waals surface area contributed by atoms with Gasteiger partial charge in [0.05, 0.1) is 25.7 Å². The van der Waals surface area contributed by atoms with E-state index in [9.17, 15) is 9.59 Å². The van der Waals surface area contributed by atoms with Gasteiger partial charge in [0, 0.05) is 0 Å².